The number of aliphatic hydroxyl groups is 1. The maximum atomic E-state index is 11.9. The Bertz CT molecular complexity index is 584. The van der Waals surface area contributed by atoms with E-state index in [0.29, 0.717) is 6.42 Å². The number of hydrogen-bond acceptors (Lipinski definition) is 4. The van der Waals surface area contributed by atoms with E-state index in [9.17, 15) is 9.90 Å². The fourth-order valence-electron chi connectivity index (χ4n) is 3.31. The van der Waals surface area contributed by atoms with Crippen molar-refractivity contribution in [3.63, 3.8) is 0 Å². The molecule has 0 aromatic heterocycles. The van der Waals surface area contributed by atoms with Gasteiger partial charge < -0.3 is 9.84 Å². The topological polar surface area (TPSA) is 46.5 Å². The monoisotopic (exact) mass is 350 g/mol. The number of aliphatic hydroxyl groups excluding tert-OH is 1. The molecule has 2 rings (SSSR count). The quantitative estimate of drug-likeness (QED) is 0.383. The van der Waals surface area contributed by atoms with Gasteiger partial charge in [0, 0.05) is 10.3 Å². The predicted molar refractivity (Wildman–Crippen MR) is 101 cm³/mol. The highest BCUT2D eigenvalue weighted by Crippen LogP contribution is 2.32. The Morgan fingerprint density at radius 1 is 1.21 bits per heavy atom. The molecule has 0 bridgehead atoms. The van der Waals surface area contributed by atoms with Crippen LogP contribution in [0.2, 0.25) is 0 Å². The Hall–Kier alpha value is -1.00. The summed E-state index contributed by atoms with van der Waals surface area (Å²) >= 11 is 4.69. The average molecular weight is 351 g/mol. The molecule has 1 N–H and O–H groups in total. The van der Waals surface area contributed by atoms with E-state index in [2.05, 4.69) is 13.0 Å². The molecule has 0 saturated heterocycles. The van der Waals surface area contributed by atoms with Gasteiger partial charge in [-0.15, -0.1) is 0 Å². The fourth-order valence-corrected chi connectivity index (χ4v) is 3.57. The van der Waals surface area contributed by atoms with Gasteiger partial charge in [0.15, 0.2) is 0 Å². The molecule has 0 aromatic rings. The lowest BCUT2D eigenvalue weighted by atomic mass is 9.90. The number of esters is 1. The highest BCUT2D eigenvalue weighted by molar-refractivity contribution is 7.81. The van der Waals surface area contributed by atoms with Gasteiger partial charge in [0.2, 0.25) is 0 Å². The highest BCUT2D eigenvalue weighted by atomic mass is 32.1. The molecule has 3 nitrogen and oxygen atoms in total. The van der Waals surface area contributed by atoms with Gasteiger partial charge in [-0.3, -0.25) is 0 Å². The first-order valence-electron chi connectivity index (χ1n) is 8.84. The van der Waals surface area contributed by atoms with Crippen molar-refractivity contribution in [1.29, 1.82) is 0 Å². The minimum absolute atomic E-state index is 0.201. The third-order valence-corrected chi connectivity index (χ3v) is 5.78. The van der Waals surface area contributed by atoms with Crippen molar-refractivity contribution >= 4 is 18.6 Å². The molecule has 1 aliphatic heterocycles. The van der Waals surface area contributed by atoms with Crippen molar-refractivity contribution in [2.75, 3.05) is 0 Å². The number of ether oxygens (including phenoxy) is 1. The maximum Gasteiger partial charge on any atom is 0.334 e. The molecule has 24 heavy (non-hydrogen) atoms. The molecule has 2 aliphatic rings. The van der Waals surface area contributed by atoms with Crippen molar-refractivity contribution in [3.05, 3.63) is 34.4 Å². The van der Waals surface area contributed by atoms with E-state index < -0.39 is 6.10 Å². The van der Waals surface area contributed by atoms with E-state index >= 15 is 0 Å². The Labute approximate surface area is 151 Å². The highest BCUT2D eigenvalue weighted by Gasteiger charge is 2.31. The van der Waals surface area contributed by atoms with Crippen LogP contribution in [0, 0.1) is 0 Å². The molecule has 0 spiro atoms. The van der Waals surface area contributed by atoms with Crippen molar-refractivity contribution in [1.82, 2.24) is 0 Å². The van der Waals surface area contributed by atoms with Gasteiger partial charge in [-0.25, -0.2) is 4.79 Å². The first-order valence-corrected chi connectivity index (χ1v) is 9.29. The summed E-state index contributed by atoms with van der Waals surface area (Å²) in [5.74, 6) is -0.201. The first-order chi connectivity index (χ1) is 11.2. The Kier molecular flexibility index (Phi) is 6.38. The lowest BCUT2D eigenvalue weighted by Crippen LogP contribution is -2.33. The molecule has 3 atom stereocenters. The SMILES string of the molecule is CC1=C2CC/C(C)=C/CC[C@@](C)(S)[C@@H](O)CC/C(C)=C/[C@@H]2OC1=O. The third-order valence-electron chi connectivity index (χ3n) is 5.26. The summed E-state index contributed by atoms with van der Waals surface area (Å²) in [6, 6.07) is 0. The van der Waals surface area contributed by atoms with E-state index in [-0.39, 0.29) is 16.8 Å². The zero-order valence-electron chi connectivity index (χ0n) is 15.3. The van der Waals surface area contributed by atoms with Gasteiger partial charge in [0.05, 0.1) is 6.10 Å². The van der Waals surface area contributed by atoms with Crippen LogP contribution in [0.25, 0.3) is 0 Å². The van der Waals surface area contributed by atoms with Crippen LogP contribution in [-0.2, 0) is 9.53 Å². The van der Waals surface area contributed by atoms with E-state index in [1.165, 1.54) is 5.57 Å². The van der Waals surface area contributed by atoms with Crippen molar-refractivity contribution in [3.8, 4) is 0 Å². The van der Waals surface area contributed by atoms with Crippen LogP contribution in [0.5, 0.6) is 0 Å². The van der Waals surface area contributed by atoms with Gasteiger partial charge in [-0.2, -0.15) is 12.6 Å². The molecular weight excluding hydrogens is 320 g/mol. The van der Waals surface area contributed by atoms with Crippen LogP contribution in [-0.4, -0.2) is 28.0 Å². The summed E-state index contributed by atoms with van der Waals surface area (Å²) in [6.45, 7) is 8.04. The van der Waals surface area contributed by atoms with Crippen molar-refractivity contribution in [2.24, 2.45) is 0 Å². The molecule has 0 fully saturated rings. The van der Waals surface area contributed by atoms with E-state index in [1.807, 2.05) is 26.8 Å². The first kappa shape index (κ1) is 19.3. The number of allylic oxidation sites excluding steroid dienone is 3. The summed E-state index contributed by atoms with van der Waals surface area (Å²) in [4.78, 5) is 11.9. The van der Waals surface area contributed by atoms with Crippen LogP contribution in [0.1, 0.15) is 66.2 Å². The van der Waals surface area contributed by atoms with E-state index in [0.717, 1.165) is 48.8 Å². The Morgan fingerprint density at radius 3 is 2.62 bits per heavy atom. The summed E-state index contributed by atoms with van der Waals surface area (Å²) in [7, 11) is 0. The molecule has 134 valence electrons. The zero-order valence-corrected chi connectivity index (χ0v) is 16.2. The second-order valence-corrected chi connectivity index (χ2v) is 8.51. The third kappa shape index (κ3) is 4.76. The molecule has 1 aliphatic carbocycles. The van der Waals surface area contributed by atoms with Gasteiger partial charge >= 0.3 is 5.97 Å². The molecule has 0 saturated carbocycles. The van der Waals surface area contributed by atoms with E-state index in [1.54, 1.807) is 0 Å². The second kappa shape index (κ2) is 7.92. The molecule has 4 heteroatoms. The van der Waals surface area contributed by atoms with Crippen LogP contribution >= 0.6 is 12.6 Å². The maximum absolute atomic E-state index is 11.9. The summed E-state index contributed by atoms with van der Waals surface area (Å²) < 4.78 is 5.14. The van der Waals surface area contributed by atoms with Crippen LogP contribution in [0.15, 0.2) is 34.4 Å². The zero-order chi connectivity index (χ0) is 17.9. The van der Waals surface area contributed by atoms with E-state index in [4.69, 9.17) is 17.4 Å². The number of fused-ring (bicyclic) bond motifs is 1. The largest absolute Gasteiger partial charge is 0.450 e. The minimum Gasteiger partial charge on any atom is -0.450 e. The van der Waals surface area contributed by atoms with Gasteiger partial charge in [-0.1, -0.05) is 17.2 Å². The number of carbonyl (C=O) groups excluding carboxylic acids is 1. The van der Waals surface area contributed by atoms with Crippen LogP contribution < -0.4 is 0 Å². The molecule has 0 unspecified atom stereocenters. The van der Waals surface area contributed by atoms with Gasteiger partial charge in [0.1, 0.15) is 6.10 Å². The summed E-state index contributed by atoms with van der Waals surface area (Å²) in [5.41, 5.74) is 4.31. The van der Waals surface area contributed by atoms with Crippen molar-refractivity contribution < 1.29 is 14.6 Å². The minimum atomic E-state index is -0.455. The van der Waals surface area contributed by atoms with Crippen LogP contribution in [0.4, 0.5) is 0 Å². The summed E-state index contributed by atoms with van der Waals surface area (Å²) in [6.07, 6.45) is 8.58. The molecule has 0 aromatic carbocycles. The fraction of sp³-hybridized carbons (Fsp3) is 0.650. The smallest absolute Gasteiger partial charge is 0.334 e. The average Bonchev–Trinajstić information content (AvgIpc) is 2.76. The second-order valence-electron chi connectivity index (χ2n) is 7.49. The Balaban J connectivity index is 2.25. The van der Waals surface area contributed by atoms with Crippen molar-refractivity contribution in [2.45, 2.75) is 83.2 Å². The van der Waals surface area contributed by atoms with Gasteiger partial charge in [0.25, 0.3) is 0 Å². The number of thiol groups is 1. The normalized spacial score (nSPS) is 37.7. The molecular formula is C20H30O3S. The number of hydrogen-bond donors (Lipinski definition) is 2. The number of rotatable bonds is 0. The molecule has 1 heterocycles. The molecule has 0 amide bonds. The lowest BCUT2D eigenvalue weighted by Gasteiger charge is -2.29. The summed E-state index contributed by atoms with van der Waals surface area (Å²) in [5, 5.41) is 10.5. The molecule has 0 radical (unpaired) electrons. The number of carbonyl (C=O) groups is 1. The standard InChI is InChI=1S/C20H30O3S/c1-13-6-5-11-20(4,24)18(21)10-8-14(2)12-17-16(9-7-13)15(3)19(22)23-17/h6,12,17-18,21,24H,5,7-11H2,1-4H3/b13-6+,14-12+/t17-,18-,20+/m0/s1. The Morgan fingerprint density at radius 2 is 1.92 bits per heavy atom. The lowest BCUT2D eigenvalue weighted by molar-refractivity contribution is -0.138. The van der Waals surface area contributed by atoms with Crippen LogP contribution in [0.3, 0.4) is 0 Å². The van der Waals surface area contributed by atoms with Gasteiger partial charge in [-0.05, 0) is 77.9 Å². The predicted octanol–water partition coefficient (Wildman–Crippen LogP) is 4.52.